The normalized spacial score (nSPS) is 21.1. The maximum absolute atomic E-state index is 12.1. The van der Waals surface area contributed by atoms with E-state index in [4.69, 9.17) is 9.57 Å². The zero-order chi connectivity index (χ0) is 17.0. The van der Waals surface area contributed by atoms with Crippen LogP contribution in [0.5, 0.6) is 0 Å². The molecule has 0 bridgehead atoms. The fourth-order valence-corrected chi connectivity index (χ4v) is 2.46. The Bertz CT molecular complexity index is 553. The van der Waals surface area contributed by atoms with E-state index in [-0.39, 0.29) is 18.2 Å². The molecule has 0 saturated carbocycles. The molecule has 0 aliphatic carbocycles. The van der Waals surface area contributed by atoms with Crippen LogP contribution in [0.1, 0.15) is 44.5 Å². The second-order valence-corrected chi connectivity index (χ2v) is 6.79. The molecule has 1 amide bonds. The van der Waals surface area contributed by atoms with E-state index in [2.05, 4.69) is 5.48 Å². The fraction of sp³-hybridized carbons (Fsp3) is 0.529. The molecule has 126 valence electrons. The predicted molar refractivity (Wildman–Crippen MR) is 85.8 cm³/mol. The average Bonchev–Trinajstić information content (AvgIpc) is 2.85. The molecule has 1 N–H and O–H groups in total. The molecule has 1 aromatic rings. The SMILES string of the molecule is C[C@@H]1C[C@@H](NOC(=O)c2ccccc2)CN1C(=O)OC(C)(C)C. The molecule has 1 saturated heterocycles. The molecule has 0 aromatic heterocycles. The second-order valence-electron chi connectivity index (χ2n) is 6.79. The molecule has 1 heterocycles. The highest BCUT2D eigenvalue weighted by Gasteiger charge is 2.35. The Labute approximate surface area is 136 Å². The van der Waals surface area contributed by atoms with E-state index in [0.29, 0.717) is 18.5 Å². The highest BCUT2D eigenvalue weighted by Crippen LogP contribution is 2.21. The zero-order valence-corrected chi connectivity index (χ0v) is 14.0. The lowest BCUT2D eigenvalue weighted by atomic mass is 10.2. The van der Waals surface area contributed by atoms with Crippen LogP contribution < -0.4 is 5.48 Å². The van der Waals surface area contributed by atoms with E-state index in [9.17, 15) is 9.59 Å². The van der Waals surface area contributed by atoms with E-state index in [1.807, 2.05) is 33.8 Å². The summed E-state index contributed by atoms with van der Waals surface area (Å²) in [5, 5.41) is 0. The van der Waals surface area contributed by atoms with Crippen LogP contribution in [-0.2, 0) is 9.57 Å². The topological polar surface area (TPSA) is 67.9 Å². The highest BCUT2D eigenvalue weighted by molar-refractivity contribution is 5.89. The third kappa shape index (κ3) is 4.96. The first-order valence-electron chi connectivity index (χ1n) is 7.77. The van der Waals surface area contributed by atoms with Gasteiger partial charge < -0.3 is 14.5 Å². The maximum Gasteiger partial charge on any atom is 0.410 e. The fourth-order valence-electron chi connectivity index (χ4n) is 2.46. The molecule has 1 aliphatic rings. The molecular weight excluding hydrogens is 296 g/mol. The number of carbonyl (C=O) groups is 2. The maximum atomic E-state index is 12.1. The number of carbonyl (C=O) groups excluding carboxylic acids is 2. The van der Waals surface area contributed by atoms with Crippen molar-refractivity contribution in [1.82, 2.24) is 10.4 Å². The van der Waals surface area contributed by atoms with Gasteiger partial charge in [-0.25, -0.2) is 9.59 Å². The third-order valence-electron chi connectivity index (χ3n) is 3.53. The molecule has 2 atom stereocenters. The number of hydroxylamine groups is 1. The second kappa shape index (κ2) is 7.00. The van der Waals surface area contributed by atoms with Gasteiger partial charge >= 0.3 is 12.1 Å². The lowest BCUT2D eigenvalue weighted by Crippen LogP contribution is -2.40. The van der Waals surface area contributed by atoms with Crippen molar-refractivity contribution in [2.45, 2.75) is 51.8 Å². The minimum Gasteiger partial charge on any atom is -0.444 e. The molecule has 1 aliphatic heterocycles. The monoisotopic (exact) mass is 320 g/mol. The van der Waals surface area contributed by atoms with E-state index in [0.717, 1.165) is 0 Å². The number of nitrogens with one attached hydrogen (secondary N) is 1. The predicted octanol–water partition coefficient (Wildman–Crippen LogP) is 2.75. The summed E-state index contributed by atoms with van der Waals surface area (Å²) < 4.78 is 5.39. The van der Waals surface area contributed by atoms with Gasteiger partial charge in [0, 0.05) is 12.6 Å². The number of nitrogens with zero attached hydrogens (tertiary/aromatic N) is 1. The molecular formula is C17H24N2O4. The largest absolute Gasteiger partial charge is 0.444 e. The van der Waals surface area contributed by atoms with Gasteiger partial charge in [-0.3, -0.25) is 0 Å². The standard InChI is InChI=1S/C17H24N2O4/c1-12-10-14(11-19(12)16(21)22-17(2,3)4)18-23-15(20)13-8-6-5-7-9-13/h5-9,12,14,18H,10-11H2,1-4H3/t12-,14-/m1/s1. The molecule has 6 nitrogen and oxygen atoms in total. The van der Waals surface area contributed by atoms with Crippen LogP contribution in [-0.4, -0.2) is 41.2 Å². The first-order chi connectivity index (χ1) is 10.8. The van der Waals surface area contributed by atoms with Gasteiger partial charge in [-0.2, -0.15) is 0 Å². The van der Waals surface area contributed by atoms with E-state index in [1.54, 1.807) is 29.2 Å². The minimum absolute atomic E-state index is 0.0257. The Morgan fingerprint density at radius 3 is 2.48 bits per heavy atom. The van der Waals surface area contributed by atoms with Crippen molar-refractivity contribution in [1.29, 1.82) is 0 Å². The van der Waals surface area contributed by atoms with Gasteiger partial charge in [0.15, 0.2) is 0 Å². The Morgan fingerprint density at radius 2 is 1.87 bits per heavy atom. The van der Waals surface area contributed by atoms with Crippen molar-refractivity contribution >= 4 is 12.1 Å². The minimum atomic E-state index is -0.526. The summed E-state index contributed by atoms with van der Waals surface area (Å²) in [5.41, 5.74) is 2.71. The molecule has 23 heavy (non-hydrogen) atoms. The summed E-state index contributed by atoms with van der Waals surface area (Å²) in [5.74, 6) is -0.436. The summed E-state index contributed by atoms with van der Waals surface area (Å²) in [6.07, 6.45) is 0.352. The molecule has 0 radical (unpaired) electrons. The average molecular weight is 320 g/mol. The zero-order valence-electron chi connectivity index (χ0n) is 14.0. The molecule has 0 unspecified atom stereocenters. The van der Waals surface area contributed by atoms with Crippen LogP contribution in [0.4, 0.5) is 4.79 Å². The van der Waals surface area contributed by atoms with Gasteiger partial charge in [0.1, 0.15) is 5.60 Å². The van der Waals surface area contributed by atoms with Crippen molar-refractivity contribution in [3.8, 4) is 0 Å². The van der Waals surface area contributed by atoms with Crippen LogP contribution in [0.25, 0.3) is 0 Å². The van der Waals surface area contributed by atoms with Gasteiger partial charge in [-0.15, -0.1) is 5.48 Å². The molecule has 1 fully saturated rings. The van der Waals surface area contributed by atoms with Gasteiger partial charge in [-0.1, -0.05) is 18.2 Å². The van der Waals surface area contributed by atoms with Gasteiger partial charge in [0.25, 0.3) is 0 Å². The van der Waals surface area contributed by atoms with Gasteiger partial charge in [0.05, 0.1) is 11.6 Å². The lowest BCUT2D eigenvalue weighted by molar-refractivity contribution is 0.0135. The van der Waals surface area contributed by atoms with Crippen LogP contribution in [0.15, 0.2) is 30.3 Å². The number of rotatable bonds is 3. The smallest absolute Gasteiger partial charge is 0.410 e. The Kier molecular flexibility index (Phi) is 5.26. The third-order valence-corrected chi connectivity index (χ3v) is 3.53. The summed E-state index contributed by atoms with van der Waals surface area (Å²) in [7, 11) is 0. The molecule has 1 aromatic carbocycles. The van der Waals surface area contributed by atoms with Crippen molar-refractivity contribution in [3.63, 3.8) is 0 Å². The Balaban J connectivity index is 1.84. The quantitative estimate of drug-likeness (QED) is 0.867. The first kappa shape index (κ1) is 17.3. The van der Waals surface area contributed by atoms with Gasteiger partial charge in [-0.05, 0) is 46.2 Å². The number of amides is 1. The van der Waals surface area contributed by atoms with Crippen molar-refractivity contribution < 1.29 is 19.2 Å². The number of hydrogen-bond acceptors (Lipinski definition) is 5. The molecule has 6 heteroatoms. The van der Waals surface area contributed by atoms with Crippen molar-refractivity contribution in [2.75, 3.05) is 6.54 Å². The van der Waals surface area contributed by atoms with Crippen LogP contribution >= 0.6 is 0 Å². The molecule has 0 spiro atoms. The Hall–Kier alpha value is -2.08. The Morgan fingerprint density at radius 1 is 1.22 bits per heavy atom. The van der Waals surface area contributed by atoms with Crippen molar-refractivity contribution in [3.05, 3.63) is 35.9 Å². The van der Waals surface area contributed by atoms with Gasteiger partial charge in [0.2, 0.25) is 0 Å². The summed E-state index contributed by atoms with van der Waals surface area (Å²) >= 11 is 0. The number of hydrogen-bond donors (Lipinski definition) is 1. The van der Waals surface area contributed by atoms with Crippen LogP contribution in [0.3, 0.4) is 0 Å². The van der Waals surface area contributed by atoms with E-state index < -0.39 is 11.6 Å². The van der Waals surface area contributed by atoms with E-state index >= 15 is 0 Å². The van der Waals surface area contributed by atoms with Crippen LogP contribution in [0, 0.1) is 0 Å². The molecule has 2 rings (SSSR count). The van der Waals surface area contributed by atoms with Crippen molar-refractivity contribution in [2.24, 2.45) is 0 Å². The number of likely N-dealkylation sites (tertiary alicyclic amines) is 1. The highest BCUT2D eigenvalue weighted by atomic mass is 16.7. The summed E-state index contributed by atoms with van der Waals surface area (Å²) in [6.45, 7) is 7.90. The summed E-state index contributed by atoms with van der Waals surface area (Å²) in [4.78, 5) is 30.8. The van der Waals surface area contributed by atoms with E-state index in [1.165, 1.54) is 0 Å². The van der Waals surface area contributed by atoms with Crippen LogP contribution in [0.2, 0.25) is 0 Å². The number of ether oxygens (including phenoxy) is 1. The number of benzene rings is 1. The lowest BCUT2D eigenvalue weighted by Gasteiger charge is -2.26. The first-order valence-corrected chi connectivity index (χ1v) is 7.77. The summed E-state index contributed by atoms with van der Waals surface area (Å²) in [6, 6.07) is 8.68.